The van der Waals surface area contributed by atoms with Crippen LogP contribution in [-0.2, 0) is 9.53 Å². The van der Waals surface area contributed by atoms with Crippen molar-refractivity contribution in [1.82, 2.24) is 0 Å². The number of fused-ring (bicyclic) bond motifs is 3. The Morgan fingerprint density at radius 1 is 1.00 bits per heavy atom. The predicted octanol–water partition coefficient (Wildman–Crippen LogP) is 5.02. The zero-order valence-electron chi connectivity index (χ0n) is 17.4. The van der Waals surface area contributed by atoms with Crippen molar-refractivity contribution in [3.05, 3.63) is 76.1 Å². The van der Waals surface area contributed by atoms with Crippen LogP contribution in [-0.4, -0.2) is 18.5 Å². The van der Waals surface area contributed by atoms with Gasteiger partial charge in [0.2, 0.25) is 0 Å². The lowest BCUT2D eigenvalue weighted by Gasteiger charge is -2.16. The monoisotopic (exact) mass is 416 g/mol. The van der Waals surface area contributed by atoms with Gasteiger partial charge < -0.3 is 13.9 Å². The molecule has 156 valence electrons. The Kier molecular flexibility index (Phi) is 5.29. The third kappa shape index (κ3) is 3.68. The second-order valence-corrected chi connectivity index (χ2v) is 7.09. The third-order valence-electron chi connectivity index (χ3n) is 4.98. The molecule has 1 aromatic heterocycles. The van der Waals surface area contributed by atoms with Gasteiger partial charge in [-0.05, 0) is 43.2 Å². The van der Waals surface area contributed by atoms with E-state index in [4.69, 9.17) is 13.9 Å². The standard InChI is InChI=1S/C25H20O6/c1-4-29-24(27)21-14(2)12-19-18-11-10-17(30-15(3)26)13-20(18)31-25(28)23(19)22(21)16-8-6-5-7-9-16/h5-13H,4H2,1-3H3. The van der Waals surface area contributed by atoms with Crippen molar-refractivity contribution in [3.63, 3.8) is 0 Å². The zero-order chi connectivity index (χ0) is 22.1. The molecule has 6 nitrogen and oxygen atoms in total. The van der Waals surface area contributed by atoms with Gasteiger partial charge in [-0.25, -0.2) is 9.59 Å². The molecule has 1 heterocycles. The topological polar surface area (TPSA) is 82.8 Å². The van der Waals surface area contributed by atoms with E-state index in [-0.39, 0.29) is 12.4 Å². The molecule has 31 heavy (non-hydrogen) atoms. The van der Waals surface area contributed by atoms with Crippen LogP contribution >= 0.6 is 0 Å². The summed E-state index contributed by atoms with van der Waals surface area (Å²) in [5, 5.41) is 1.61. The second kappa shape index (κ2) is 8.07. The van der Waals surface area contributed by atoms with Gasteiger partial charge >= 0.3 is 17.6 Å². The highest BCUT2D eigenvalue weighted by Gasteiger charge is 2.24. The normalized spacial score (nSPS) is 10.9. The lowest BCUT2D eigenvalue weighted by molar-refractivity contribution is -0.131. The number of carbonyl (C=O) groups excluding carboxylic acids is 2. The van der Waals surface area contributed by atoms with Crippen molar-refractivity contribution in [2.75, 3.05) is 6.61 Å². The molecule has 0 N–H and O–H groups in total. The highest BCUT2D eigenvalue weighted by atomic mass is 16.5. The number of hydrogen-bond donors (Lipinski definition) is 0. The van der Waals surface area contributed by atoms with E-state index in [0.29, 0.717) is 44.0 Å². The minimum Gasteiger partial charge on any atom is -0.462 e. The molecular weight excluding hydrogens is 396 g/mol. The minimum atomic E-state index is -0.591. The summed E-state index contributed by atoms with van der Waals surface area (Å²) >= 11 is 0. The molecule has 0 saturated heterocycles. The maximum atomic E-state index is 13.1. The summed E-state index contributed by atoms with van der Waals surface area (Å²) in [5.41, 5.74) is 1.91. The Morgan fingerprint density at radius 2 is 1.74 bits per heavy atom. The summed E-state index contributed by atoms with van der Waals surface area (Å²) in [7, 11) is 0. The van der Waals surface area contributed by atoms with Crippen LogP contribution in [0.25, 0.3) is 32.9 Å². The van der Waals surface area contributed by atoms with Gasteiger partial charge in [0.1, 0.15) is 11.3 Å². The average molecular weight is 416 g/mol. The van der Waals surface area contributed by atoms with Crippen LogP contribution in [0.1, 0.15) is 29.8 Å². The number of rotatable bonds is 4. The Labute approximate surface area is 178 Å². The molecule has 0 aliphatic carbocycles. The first-order chi connectivity index (χ1) is 14.9. The number of ether oxygens (including phenoxy) is 2. The molecule has 0 spiro atoms. The smallest absolute Gasteiger partial charge is 0.344 e. The van der Waals surface area contributed by atoms with E-state index in [1.54, 1.807) is 25.1 Å². The molecule has 4 rings (SSSR count). The van der Waals surface area contributed by atoms with Crippen LogP contribution in [0.15, 0.2) is 63.8 Å². The van der Waals surface area contributed by atoms with Gasteiger partial charge in [-0.15, -0.1) is 0 Å². The number of aryl methyl sites for hydroxylation is 1. The fourth-order valence-electron chi connectivity index (χ4n) is 3.79. The molecule has 0 aliphatic heterocycles. The Morgan fingerprint density at radius 3 is 2.42 bits per heavy atom. The summed E-state index contributed by atoms with van der Waals surface area (Å²) in [6.45, 7) is 5.06. The van der Waals surface area contributed by atoms with Crippen LogP contribution in [0.3, 0.4) is 0 Å². The third-order valence-corrected chi connectivity index (χ3v) is 4.98. The van der Waals surface area contributed by atoms with Gasteiger partial charge in [-0.3, -0.25) is 4.79 Å². The van der Waals surface area contributed by atoms with Gasteiger partial charge in [-0.1, -0.05) is 30.3 Å². The molecule has 0 bridgehead atoms. The van der Waals surface area contributed by atoms with Crippen molar-refractivity contribution in [1.29, 1.82) is 0 Å². The van der Waals surface area contributed by atoms with E-state index < -0.39 is 17.6 Å². The van der Waals surface area contributed by atoms with Crippen LogP contribution in [0.4, 0.5) is 0 Å². The first-order valence-electron chi connectivity index (χ1n) is 9.85. The fraction of sp³-hybridized carbons (Fsp3) is 0.160. The maximum Gasteiger partial charge on any atom is 0.344 e. The van der Waals surface area contributed by atoms with Crippen molar-refractivity contribution >= 4 is 33.7 Å². The van der Waals surface area contributed by atoms with Crippen molar-refractivity contribution in [2.45, 2.75) is 20.8 Å². The number of hydrogen-bond acceptors (Lipinski definition) is 6. The maximum absolute atomic E-state index is 13.1. The SMILES string of the molecule is CCOC(=O)c1c(C)cc2c(c1-c1ccccc1)c(=O)oc1cc(OC(C)=O)ccc12. The molecule has 0 radical (unpaired) electrons. The first-order valence-corrected chi connectivity index (χ1v) is 9.85. The van der Waals surface area contributed by atoms with Gasteiger partial charge in [0.25, 0.3) is 0 Å². The van der Waals surface area contributed by atoms with Crippen LogP contribution < -0.4 is 10.4 Å². The summed E-state index contributed by atoms with van der Waals surface area (Å²) in [6, 6.07) is 15.9. The Hall–Kier alpha value is -3.93. The van der Waals surface area contributed by atoms with Gasteiger partial charge in [-0.2, -0.15) is 0 Å². The minimum absolute atomic E-state index is 0.218. The van der Waals surface area contributed by atoms with Crippen molar-refractivity contribution in [3.8, 4) is 16.9 Å². The molecule has 0 atom stereocenters. The van der Waals surface area contributed by atoms with Crippen LogP contribution in [0, 0.1) is 6.92 Å². The molecule has 0 fully saturated rings. The largest absolute Gasteiger partial charge is 0.462 e. The summed E-state index contributed by atoms with van der Waals surface area (Å²) < 4.78 is 16.0. The second-order valence-electron chi connectivity index (χ2n) is 7.09. The highest BCUT2D eigenvalue weighted by Crippen LogP contribution is 2.37. The van der Waals surface area contributed by atoms with Gasteiger partial charge in [0.15, 0.2) is 0 Å². The lowest BCUT2D eigenvalue weighted by atomic mass is 9.90. The Bertz CT molecular complexity index is 1380. The van der Waals surface area contributed by atoms with E-state index in [0.717, 1.165) is 0 Å². The quantitative estimate of drug-likeness (QED) is 0.201. The number of carbonyl (C=O) groups is 2. The molecule has 3 aromatic carbocycles. The number of esters is 2. The average Bonchev–Trinajstić information content (AvgIpc) is 2.73. The Balaban J connectivity index is 2.13. The van der Waals surface area contributed by atoms with Crippen molar-refractivity contribution < 1.29 is 23.5 Å². The molecular formula is C25H20O6. The zero-order valence-corrected chi connectivity index (χ0v) is 17.4. The molecule has 0 amide bonds. The predicted molar refractivity (Wildman–Crippen MR) is 117 cm³/mol. The van der Waals surface area contributed by atoms with E-state index >= 15 is 0 Å². The summed E-state index contributed by atoms with van der Waals surface area (Å²) in [6.07, 6.45) is 0. The highest BCUT2D eigenvalue weighted by molar-refractivity contribution is 6.15. The summed E-state index contributed by atoms with van der Waals surface area (Å²) in [4.78, 5) is 37.2. The molecule has 0 aliphatic rings. The fourth-order valence-corrected chi connectivity index (χ4v) is 3.79. The summed E-state index contributed by atoms with van der Waals surface area (Å²) in [5.74, 6) is -0.681. The van der Waals surface area contributed by atoms with E-state index in [9.17, 15) is 14.4 Å². The van der Waals surface area contributed by atoms with Gasteiger partial charge in [0, 0.05) is 29.3 Å². The van der Waals surface area contributed by atoms with E-state index in [2.05, 4.69) is 0 Å². The molecule has 6 heteroatoms. The molecule has 0 unspecified atom stereocenters. The van der Waals surface area contributed by atoms with Gasteiger partial charge in [0.05, 0.1) is 17.6 Å². The van der Waals surface area contributed by atoms with Crippen LogP contribution in [0.2, 0.25) is 0 Å². The van der Waals surface area contributed by atoms with E-state index in [1.807, 2.05) is 37.3 Å². The molecule has 4 aromatic rings. The van der Waals surface area contributed by atoms with E-state index in [1.165, 1.54) is 13.0 Å². The molecule has 0 saturated carbocycles. The van der Waals surface area contributed by atoms with Crippen molar-refractivity contribution in [2.24, 2.45) is 0 Å². The number of benzene rings is 3. The van der Waals surface area contributed by atoms with Crippen LogP contribution in [0.5, 0.6) is 5.75 Å². The first kappa shape index (κ1) is 20.3. The lowest BCUT2D eigenvalue weighted by Crippen LogP contribution is -2.12.